The first-order valence-electron chi connectivity index (χ1n) is 11.6. The lowest BCUT2D eigenvalue weighted by Crippen LogP contribution is -2.45. The van der Waals surface area contributed by atoms with E-state index in [1.54, 1.807) is 0 Å². The van der Waals surface area contributed by atoms with E-state index in [-0.39, 0.29) is 29.2 Å². The molecular weight excluding hydrogens is 382 g/mol. The van der Waals surface area contributed by atoms with Crippen molar-refractivity contribution in [3.63, 3.8) is 0 Å². The molecule has 8 heteroatoms. The SMILES string of the molecule is CC(C)c1nnc(C2CC3(CCN(C(=O)C4CC4)CC3)CN2CC(=O)NC2CC2)o1. The van der Waals surface area contributed by atoms with Gasteiger partial charge < -0.3 is 14.6 Å². The number of hydrogen-bond donors (Lipinski definition) is 1. The number of hydrogen-bond acceptors (Lipinski definition) is 6. The summed E-state index contributed by atoms with van der Waals surface area (Å²) in [5, 5.41) is 11.7. The van der Waals surface area contributed by atoms with Crippen LogP contribution in [0.4, 0.5) is 0 Å². The van der Waals surface area contributed by atoms with Gasteiger partial charge in [-0.2, -0.15) is 0 Å². The Labute approximate surface area is 177 Å². The number of amides is 2. The number of nitrogens with zero attached hydrogens (tertiary/aromatic N) is 4. The molecule has 2 saturated heterocycles. The van der Waals surface area contributed by atoms with Crippen molar-refractivity contribution in [3.8, 4) is 0 Å². The normalized spacial score (nSPS) is 26.5. The third-order valence-electron chi connectivity index (χ3n) is 7.19. The van der Waals surface area contributed by atoms with Crippen LogP contribution in [-0.4, -0.2) is 64.0 Å². The maximum absolute atomic E-state index is 12.6. The molecule has 8 nitrogen and oxygen atoms in total. The summed E-state index contributed by atoms with van der Waals surface area (Å²) in [6.07, 6.45) is 7.16. The molecule has 30 heavy (non-hydrogen) atoms. The zero-order valence-electron chi connectivity index (χ0n) is 18.1. The zero-order valence-corrected chi connectivity index (χ0v) is 18.1. The van der Waals surface area contributed by atoms with Gasteiger partial charge in [0.15, 0.2) is 0 Å². The molecule has 1 N–H and O–H groups in total. The second kappa shape index (κ2) is 7.62. The van der Waals surface area contributed by atoms with Gasteiger partial charge in [-0.1, -0.05) is 13.8 Å². The van der Waals surface area contributed by atoms with Crippen molar-refractivity contribution in [3.05, 3.63) is 11.8 Å². The van der Waals surface area contributed by atoms with Gasteiger partial charge in [-0.05, 0) is 50.4 Å². The Bertz CT molecular complexity index is 805. The standard InChI is InChI=1S/C22H33N5O3/c1-14(2)19-24-25-20(30-19)17-11-22(13-27(17)12-18(28)23-16-5-6-16)7-9-26(10-8-22)21(29)15-3-4-15/h14-17H,3-13H2,1-2H3,(H,23,28). The highest BCUT2D eigenvalue weighted by atomic mass is 16.4. The fourth-order valence-electron chi connectivity index (χ4n) is 5.01. The second-order valence-corrected chi connectivity index (χ2v) is 10.2. The number of nitrogens with one attached hydrogen (secondary N) is 1. The molecule has 4 aliphatic rings. The molecule has 2 aliphatic heterocycles. The third kappa shape index (κ3) is 4.11. The number of carbonyl (C=O) groups excluding carboxylic acids is 2. The van der Waals surface area contributed by atoms with Crippen molar-refractivity contribution in [2.75, 3.05) is 26.2 Å². The van der Waals surface area contributed by atoms with Gasteiger partial charge in [0.1, 0.15) is 0 Å². The Morgan fingerprint density at radius 3 is 2.50 bits per heavy atom. The van der Waals surface area contributed by atoms with Crippen LogP contribution in [0, 0.1) is 11.3 Å². The summed E-state index contributed by atoms with van der Waals surface area (Å²) >= 11 is 0. The average Bonchev–Trinajstić information content (AvgIpc) is 3.64. The van der Waals surface area contributed by atoms with E-state index in [0.29, 0.717) is 30.3 Å². The van der Waals surface area contributed by atoms with Crippen molar-refractivity contribution >= 4 is 11.8 Å². The first-order chi connectivity index (χ1) is 14.4. The summed E-state index contributed by atoms with van der Waals surface area (Å²) < 4.78 is 6.01. The summed E-state index contributed by atoms with van der Waals surface area (Å²) in [6, 6.07) is 0.334. The van der Waals surface area contributed by atoms with Crippen LogP contribution in [0.25, 0.3) is 0 Å². The van der Waals surface area contributed by atoms with Gasteiger partial charge >= 0.3 is 0 Å². The molecule has 164 valence electrons. The molecule has 1 spiro atoms. The molecule has 2 saturated carbocycles. The quantitative estimate of drug-likeness (QED) is 0.766. The minimum absolute atomic E-state index is 0.0272. The number of aromatic nitrogens is 2. The van der Waals surface area contributed by atoms with Gasteiger partial charge in [-0.25, -0.2) is 0 Å². The maximum atomic E-state index is 12.6. The molecule has 0 radical (unpaired) electrons. The van der Waals surface area contributed by atoms with Crippen LogP contribution in [0.2, 0.25) is 0 Å². The van der Waals surface area contributed by atoms with Crippen LogP contribution in [0.1, 0.15) is 82.5 Å². The second-order valence-electron chi connectivity index (χ2n) is 10.2. The van der Waals surface area contributed by atoms with E-state index in [9.17, 15) is 9.59 Å². The largest absolute Gasteiger partial charge is 0.423 e. The van der Waals surface area contributed by atoms with E-state index in [0.717, 1.165) is 64.6 Å². The fourth-order valence-corrected chi connectivity index (χ4v) is 5.01. The molecule has 3 heterocycles. The minimum atomic E-state index is -0.0272. The molecule has 5 rings (SSSR count). The van der Waals surface area contributed by atoms with Gasteiger partial charge in [-0.15, -0.1) is 10.2 Å². The van der Waals surface area contributed by atoms with Crippen LogP contribution in [0.15, 0.2) is 4.42 Å². The lowest BCUT2D eigenvalue weighted by Gasteiger charge is -2.39. The molecule has 2 amide bonds. The van der Waals surface area contributed by atoms with E-state index in [4.69, 9.17) is 4.42 Å². The smallest absolute Gasteiger partial charge is 0.234 e. The minimum Gasteiger partial charge on any atom is -0.423 e. The highest BCUT2D eigenvalue weighted by Gasteiger charge is 2.49. The van der Waals surface area contributed by atoms with Gasteiger partial charge in [0.2, 0.25) is 23.6 Å². The van der Waals surface area contributed by atoms with Crippen molar-refractivity contribution in [1.29, 1.82) is 0 Å². The molecule has 1 aromatic rings. The first-order valence-corrected chi connectivity index (χ1v) is 11.6. The van der Waals surface area contributed by atoms with Crippen LogP contribution in [0.5, 0.6) is 0 Å². The van der Waals surface area contributed by atoms with E-state index < -0.39 is 0 Å². The monoisotopic (exact) mass is 415 g/mol. The van der Waals surface area contributed by atoms with E-state index in [2.05, 4.69) is 25.3 Å². The highest BCUT2D eigenvalue weighted by molar-refractivity contribution is 5.81. The zero-order chi connectivity index (χ0) is 20.9. The summed E-state index contributed by atoms with van der Waals surface area (Å²) in [4.78, 5) is 29.3. The predicted octanol–water partition coefficient (Wildman–Crippen LogP) is 2.24. The Morgan fingerprint density at radius 2 is 1.90 bits per heavy atom. The van der Waals surface area contributed by atoms with Gasteiger partial charge in [-0.3, -0.25) is 14.5 Å². The summed E-state index contributed by atoms with van der Waals surface area (Å²) in [6.45, 7) is 6.95. The number of rotatable bonds is 6. The fraction of sp³-hybridized carbons (Fsp3) is 0.818. The molecule has 1 unspecified atom stereocenters. The van der Waals surface area contributed by atoms with Crippen LogP contribution >= 0.6 is 0 Å². The van der Waals surface area contributed by atoms with Crippen LogP contribution in [-0.2, 0) is 9.59 Å². The van der Waals surface area contributed by atoms with Crippen LogP contribution in [0.3, 0.4) is 0 Å². The third-order valence-corrected chi connectivity index (χ3v) is 7.19. The number of carbonyl (C=O) groups is 2. The van der Waals surface area contributed by atoms with Crippen LogP contribution < -0.4 is 5.32 Å². The molecule has 4 fully saturated rings. The summed E-state index contributed by atoms with van der Waals surface area (Å²) in [7, 11) is 0. The topological polar surface area (TPSA) is 91.6 Å². The Balaban J connectivity index is 1.30. The molecule has 1 aromatic heterocycles. The number of piperidine rings is 1. The number of likely N-dealkylation sites (tertiary alicyclic amines) is 2. The lowest BCUT2D eigenvalue weighted by atomic mass is 9.76. The Morgan fingerprint density at radius 1 is 1.17 bits per heavy atom. The van der Waals surface area contributed by atoms with E-state index in [1.165, 1.54) is 0 Å². The lowest BCUT2D eigenvalue weighted by molar-refractivity contribution is -0.134. The maximum Gasteiger partial charge on any atom is 0.234 e. The Kier molecular flexibility index (Phi) is 5.08. The first kappa shape index (κ1) is 20.0. The van der Waals surface area contributed by atoms with Crippen molar-refractivity contribution in [1.82, 2.24) is 25.3 Å². The molecule has 0 aromatic carbocycles. The van der Waals surface area contributed by atoms with Gasteiger partial charge in [0.25, 0.3) is 0 Å². The molecule has 0 bridgehead atoms. The predicted molar refractivity (Wildman–Crippen MR) is 109 cm³/mol. The van der Waals surface area contributed by atoms with E-state index >= 15 is 0 Å². The van der Waals surface area contributed by atoms with E-state index in [1.807, 2.05) is 13.8 Å². The molecule has 1 atom stereocenters. The Hall–Kier alpha value is -1.96. The highest BCUT2D eigenvalue weighted by Crippen LogP contribution is 2.49. The van der Waals surface area contributed by atoms with Crippen molar-refractivity contribution in [2.24, 2.45) is 11.3 Å². The van der Waals surface area contributed by atoms with Crippen molar-refractivity contribution in [2.45, 2.75) is 76.8 Å². The van der Waals surface area contributed by atoms with Crippen molar-refractivity contribution < 1.29 is 14.0 Å². The average molecular weight is 416 g/mol. The van der Waals surface area contributed by atoms with Gasteiger partial charge in [0, 0.05) is 37.5 Å². The molecule has 2 aliphatic carbocycles. The molecular formula is C22H33N5O3. The summed E-state index contributed by atoms with van der Waals surface area (Å²) in [5.74, 6) is 2.18. The van der Waals surface area contributed by atoms with Gasteiger partial charge in [0.05, 0.1) is 12.6 Å². The summed E-state index contributed by atoms with van der Waals surface area (Å²) in [5.41, 5.74) is 0.108.